The Labute approximate surface area is 204 Å². The molecule has 0 saturated heterocycles. The maximum Gasteiger partial charge on any atom is 0.268 e. The van der Waals surface area contributed by atoms with Crippen LogP contribution >= 0.6 is 23.2 Å². The molecule has 4 aromatic heterocycles. The van der Waals surface area contributed by atoms with E-state index in [4.69, 9.17) is 33.9 Å². The molecule has 5 aromatic rings. The van der Waals surface area contributed by atoms with Gasteiger partial charge >= 0.3 is 0 Å². The fourth-order valence-electron chi connectivity index (χ4n) is 3.87. The van der Waals surface area contributed by atoms with Gasteiger partial charge in [-0.05, 0) is 38.1 Å². The molecule has 0 spiro atoms. The maximum absolute atomic E-state index is 12.5. The summed E-state index contributed by atoms with van der Waals surface area (Å²) >= 11 is 12.8. The minimum atomic E-state index is -0.658. The van der Waals surface area contributed by atoms with E-state index < -0.39 is 11.4 Å². The van der Waals surface area contributed by atoms with Crippen molar-refractivity contribution >= 4 is 45.7 Å². The molecule has 0 aliphatic carbocycles. The van der Waals surface area contributed by atoms with Crippen LogP contribution in [0.25, 0.3) is 38.9 Å². The van der Waals surface area contributed by atoms with Crippen LogP contribution in [0.5, 0.6) is 0 Å². The Balaban J connectivity index is 1.76. The average Bonchev–Trinajstić information content (AvgIpc) is 3.45. The van der Waals surface area contributed by atoms with Gasteiger partial charge in [-0.15, -0.1) is 0 Å². The summed E-state index contributed by atoms with van der Waals surface area (Å²) in [7, 11) is 0. The maximum atomic E-state index is 12.5. The van der Waals surface area contributed by atoms with E-state index >= 15 is 0 Å². The second-order valence-electron chi connectivity index (χ2n) is 8.58. The summed E-state index contributed by atoms with van der Waals surface area (Å²) in [6, 6.07) is 8.80. The quantitative estimate of drug-likeness (QED) is 0.372. The number of aliphatic hydroxyl groups is 1. The lowest BCUT2D eigenvalue weighted by Gasteiger charge is -2.22. The second kappa shape index (κ2) is 8.09. The summed E-state index contributed by atoms with van der Waals surface area (Å²) in [6.07, 6.45) is 7.02. The van der Waals surface area contributed by atoms with Gasteiger partial charge in [-0.1, -0.05) is 29.3 Å². The smallest absolute Gasteiger partial charge is 0.268 e. The lowest BCUT2D eigenvalue weighted by molar-refractivity contribution is 0.0995. The SMILES string of the molecule is CC(C)(CO)n1cc(-c2cnc3ccn4c(C(N)=O)c(-c5c(Cl)cccc5Cl)nc4c3c2)cn1. The van der Waals surface area contributed by atoms with Gasteiger partial charge in [0.15, 0.2) is 0 Å². The van der Waals surface area contributed by atoms with E-state index in [9.17, 15) is 9.90 Å². The largest absolute Gasteiger partial charge is 0.394 e. The molecule has 10 heteroatoms. The summed E-state index contributed by atoms with van der Waals surface area (Å²) in [5.74, 6) is -0.658. The van der Waals surface area contributed by atoms with Crippen LogP contribution in [0.4, 0.5) is 0 Å². The standard InChI is InChI=1S/C24H20Cl2N6O2/c1-24(2,12-33)32-11-14(10-29-32)13-8-15-18(28-9-13)6-7-31-21(22(27)34)20(30-23(15)31)19-16(25)4-3-5-17(19)26/h3-11,33H,12H2,1-2H3,(H2,27,34). The second-order valence-corrected chi connectivity index (χ2v) is 9.39. The van der Waals surface area contributed by atoms with Gasteiger partial charge in [0.2, 0.25) is 0 Å². The number of imidazole rings is 1. The third kappa shape index (κ3) is 3.51. The topological polar surface area (TPSA) is 111 Å². The van der Waals surface area contributed by atoms with Crippen molar-refractivity contribution in [1.82, 2.24) is 24.1 Å². The van der Waals surface area contributed by atoms with Crippen LogP contribution in [0.15, 0.2) is 55.1 Å². The molecule has 1 amide bonds. The van der Waals surface area contributed by atoms with Crippen molar-refractivity contribution in [3.05, 3.63) is 70.9 Å². The number of carbonyl (C=O) groups is 1. The van der Waals surface area contributed by atoms with Gasteiger partial charge in [0.05, 0.1) is 33.9 Å². The van der Waals surface area contributed by atoms with Crippen molar-refractivity contribution in [2.24, 2.45) is 5.73 Å². The van der Waals surface area contributed by atoms with Gasteiger partial charge in [-0.3, -0.25) is 18.9 Å². The lowest BCUT2D eigenvalue weighted by Crippen LogP contribution is -2.30. The molecule has 0 saturated carbocycles. The number of fused-ring (bicyclic) bond motifs is 3. The molecule has 172 valence electrons. The zero-order valence-electron chi connectivity index (χ0n) is 18.3. The van der Waals surface area contributed by atoms with Gasteiger partial charge in [0.1, 0.15) is 17.0 Å². The molecule has 0 radical (unpaired) electrons. The van der Waals surface area contributed by atoms with Gasteiger partial charge < -0.3 is 10.8 Å². The van der Waals surface area contributed by atoms with Crippen LogP contribution in [0, 0.1) is 0 Å². The molecule has 1 aromatic carbocycles. The molecular weight excluding hydrogens is 475 g/mol. The molecule has 34 heavy (non-hydrogen) atoms. The highest BCUT2D eigenvalue weighted by molar-refractivity contribution is 6.39. The zero-order valence-corrected chi connectivity index (χ0v) is 19.8. The fraction of sp³-hybridized carbons (Fsp3) is 0.167. The zero-order chi connectivity index (χ0) is 24.2. The molecule has 4 heterocycles. The summed E-state index contributed by atoms with van der Waals surface area (Å²) in [5.41, 5.74) is 8.95. The number of aromatic nitrogens is 5. The van der Waals surface area contributed by atoms with Crippen LogP contribution in [0.1, 0.15) is 24.3 Å². The number of rotatable bonds is 5. The Bertz CT molecular complexity index is 1570. The van der Waals surface area contributed by atoms with Crippen LogP contribution < -0.4 is 5.73 Å². The lowest BCUT2D eigenvalue weighted by atomic mass is 10.1. The first-order valence-corrected chi connectivity index (χ1v) is 11.2. The Morgan fingerprint density at radius 2 is 1.88 bits per heavy atom. The number of benzene rings is 1. The summed E-state index contributed by atoms with van der Waals surface area (Å²) < 4.78 is 3.34. The third-order valence-corrected chi connectivity index (χ3v) is 6.44. The summed E-state index contributed by atoms with van der Waals surface area (Å²) in [4.78, 5) is 21.8. The number of primary amides is 1. The first-order valence-electron chi connectivity index (χ1n) is 10.4. The number of hydrogen-bond acceptors (Lipinski definition) is 5. The monoisotopic (exact) mass is 494 g/mol. The molecule has 0 atom stereocenters. The van der Waals surface area contributed by atoms with Crippen molar-refractivity contribution in [3.63, 3.8) is 0 Å². The highest BCUT2D eigenvalue weighted by Gasteiger charge is 2.24. The van der Waals surface area contributed by atoms with E-state index in [1.54, 1.807) is 51.9 Å². The molecule has 3 N–H and O–H groups in total. The van der Waals surface area contributed by atoms with Crippen LogP contribution in [0.3, 0.4) is 0 Å². The Morgan fingerprint density at radius 1 is 1.15 bits per heavy atom. The van der Waals surface area contributed by atoms with Gasteiger partial charge in [0, 0.05) is 40.7 Å². The van der Waals surface area contributed by atoms with E-state index in [1.807, 2.05) is 26.1 Å². The molecule has 0 unspecified atom stereocenters. The number of pyridine rings is 2. The number of nitrogens with zero attached hydrogens (tertiary/aromatic N) is 5. The number of aliphatic hydroxyl groups excluding tert-OH is 1. The molecule has 0 aliphatic heterocycles. The number of amides is 1. The number of carbonyl (C=O) groups excluding carboxylic acids is 1. The summed E-state index contributed by atoms with van der Waals surface area (Å²) in [6.45, 7) is 3.73. The number of nitrogens with two attached hydrogens (primary N) is 1. The van der Waals surface area contributed by atoms with E-state index in [0.717, 1.165) is 11.1 Å². The highest BCUT2D eigenvalue weighted by atomic mass is 35.5. The molecule has 8 nitrogen and oxygen atoms in total. The Hall–Kier alpha value is -3.46. The van der Waals surface area contributed by atoms with Crippen molar-refractivity contribution in [2.75, 3.05) is 6.61 Å². The molecule has 0 aliphatic rings. The average molecular weight is 495 g/mol. The molecule has 0 bridgehead atoms. The van der Waals surface area contributed by atoms with Crippen molar-refractivity contribution in [1.29, 1.82) is 0 Å². The predicted molar refractivity (Wildman–Crippen MR) is 132 cm³/mol. The molecular formula is C24H20Cl2N6O2. The Kier molecular flexibility index (Phi) is 5.31. The van der Waals surface area contributed by atoms with Crippen molar-refractivity contribution in [2.45, 2.75) is 19.4 Å². The van der Waals surface area contributed by atoms with Crippen molar-refractivity contribution in [3.8, 4) is 22.4 Å². The molecule has 0 fully saturated rings. The minimum Gasteiger partial charge on any atom is -0.394 e. The van der Waals surface area contributed by atoms with Crippen LogP contribution in [0.2, 0.25) is 10.0 Å². The van der Waals surface area contributed by atoms with E-state index in [1.165, 1.54) is 0 Å². The van der Waals surface area contributed by atoms with Gasteiger partial charge in [-0.2, -0.15) is 5.10 Å². The summed E-state index contributed by atoms with van der Waals surface area (Å²) in [5, 5.41) is 15.5. The third-order valence-electron chi connectivity index (χ3n) is 5.81. The van der Waals surface area contributed by atoms with Crippen molar-refractivity contribution < 1.29 is 9.90 Å². The van der Waals surface area contributed by atoms with Gasteiger partial charge in [0.25, 0.3) is 5.91 Å². The van der Waals surface area contributed by atoms with Gasteiger partial charge in [-0.25, -0.2) is 4.98 Å². The first kappa shape index (κ1) is 22.3. The highest BCUT2D eigenvalue weighted by Crippen LogP contribution is 2.37. The van der Waals surface area contributed by atoms with E-state index in [0.29, 0.717) is 37.9 Å². The van der Waals surface area contributed by atoms with Crippen LogP contribution in [-0.4, -0.2) is 41.8 Å². The van der Waals surface area contributed by atoms with E-state index in [-0.39, 0.29) is 12.3 Å². The number of halogens is 2. The molecule has 5 rings (SSSR count). The van der Waals surface area contributed by atoms with E-state index in [2.05, 4.69) is 10.1 Å². The first-order chi connectivity index (χ1) is 16.2. The van der Waals surface area contributed by atoms with Crippen LogP contribution in [-0.2, 0) is 5.54 Å². The predicted octanol–water partition coefficient (Wildman–Crippen LogP) is 4.55. The minimum absolute atomic E-state index is 0.0535. The fourth-order valence-corrected chi connectivity index (χ4v) is 4.44. The Morgan fingerprint density at radius 3 is 2.56 bits per heavy atom. The number of hydrogen-bond donors (Lipinski definition) is 2. The normalized spacial score (nSPS) is 12.0.